The fourth-order valence-electron chi connectivity index (χ4n) is 1.28. The molecular weight excluding hydrogens is 183 g/mol. The van der Waals surface area contributed by atoms with Crippen LogP contribution in [0.4, 0.5) is 0 Å². The average molecular weight is 199 g/mol. The van der Waals surface area contributed by atoms with E-state index < -0.39 is 0 Å². The average Bonchev–Trinajstić information content (AvgIpc) is 2.29. The molecule has 0 aliphatic rings. The van der Waals surface area contributed by atoms with E-state index in [2.05, 4.69) is 32.1 Å². The van der Waals surface area contributed by atoms with Gasteiger partial charge < -0.3 is 5.02 Å². The van der Waals surface area contributed by atoms with Crippen LogP contribution in [0.2, 0.25) is 0 Å². The van der Waals surface area contributed by atoms with Crippen LogP contribution in [-0.2, 0) is 0 Å². The van der Waals surface area contributed by atoms with Gasteiger partial charge in [0.05, 0.1) is 0 Å². The van der Waals surface area contributed by atoms with Gasteiger partial charge in [-0.2, -0.15) is 0 Å². The number of hydrogen-bond donors (Lipinski definition) is 1. The predicted molar refractivity (Wildman–Crippen MR) is 67.1 cm³/mol. The van der Waals surface area contributed by atoms with E-state index in [-0.39, 0.29) is 0 Å². The highest BCUT2D eigenvalue weighted by Gasteiger charge is 1.95. The number of allylic oxidation sites excluding steroid dienone is 4. The molecule has 0 heterocycles. The normalized spacial score (nSPS) is 12.1. The maximum Gasteiger partial charge on any atom is 0.326 e. The number of rotatable bonds is 4. The maximum absolute atomic E-state index is 8.79. The first-order valence-corrected chi connectivity index (χ1v) is 5.19. The third-order valence-corrected chi connectivity index (χ3v) is 2.23. The van der Waals surface area contributed by atoms with Gasteiger partial charge in [0, 0.05) is 0 Å². The molecule has 0 amide bonds. The molecule has 0 aliphatic heterocycles. The van der Waals surface area contributed by atoms with E-state index in [4.69, 9.17) is 5.02 Å². The lowest BCUT2D eigenvalue weighted by atomic mass is 9.87. The Morgan fingerprint density at radius 2 is 2.00 bits per heavy atom. The van der Waals surface area contributed by atoms with E-state index in [9.17, 15) is 0 Å². The summed E-state index contributed by atoms with van der Waals surface area (Å²) in [7, 11) is 1.11. The van der Waals surface area contributed by atoms with Crippen molar-refractivity contribution in [2.24, 2.45) is 0 Å². The van der Waals surface area contributed by atoms with Crippen LogP contribution in [0.3, 0.4) is 0 Å². The smallest absolute Gasteiger partial charge is 0.326 e. The van der Waals surface area contributed by atoms with E-state index >= 15 is 0 Å². The van der Waals surface area contributed by atoms with Crippen molar-refractivity contribution in [3.05, 3.63) is 48.1 Å². The Bertz CT molecular complexity index is 349. The zero-order valence-corrected chi connectivity index (χ0v) is 9.27. The minimum Gasteiger partial charge on any atom is -0.450 e. The SMILES string of the molecule is CC/C=C\C=C(/C)c1ccc([B]O)cc1. The van der Waals surface area contributed by atoms with Crippen LogP contribution in [0.15, 0.2) is 42.5 Å². The van der Waals surface area contributed by atoms with Gasteiger partial charge in [-0.1, -0.05) is 54.9 Å². The predicted octanol–water partition coefficient (Wildman–Crippen LogP) is 2.29. The Morgan fingerprint density at radius 3 is 2.53 bits per heavy atom. The van der Waals surface area contributed by atoms with Crippen molar-refractivity contribution in [3.63, 3.8) is 0 Å². The first kappa shape index (κ1) is 11.8. The molecule has 1 aromatic rings. The Hall–Kier alpha value is -1.28. The first-order chi connectivity index (χ1) is 7.27. The highest BCUT2D eigenvalue weighted by molar-refractivity contribution is 6.45. The van der Waals surface area contributed by atoms with E-state index in [1.807, 2.05) is 24.3 Å². The third-order valence-electron chi connectivity index (χ3n) is 2.23. The van der Waals surface area contributed by atoms with Crippen LogP contribution in [0, 0.1) is 0 Å². The fourth-order valence-corrected chi connectivity index (χ4v) is 1.28. The molecule has 0 saturated carbocycles. The van der Waals surface area contributed by atoms with Gasteiger partial charge in [-0.3, -0.25) is 0 Å². The fraction of sp³-hybridized carbons (Fsp3) is 0.231. The van der Waals surface area contributed by atoms with Gasteiger partial charge in [0.15, 0.2) is 0 Å². The number of benzene rings is 1. The lowest BCUT2D eigenvalue weighted by Gasteiger charge is -2.01. The van der Waals surface area contributed by atoms with E-state index in [1.54, 1.807) is 0 Å². The molecule has 1 N–H and O–H groups in total. The van der Waals surface area contributed by atoms with Gasteiger partial charge in [-0.15, -0.1) is 0 Å². The summed E-state index contributed by atoms with van der Waals surface area (Å²) in [5, 5.41) is 8.79. The van der Waals surface area contributed by atoms with Crippen LogP contribution < -0.4 is 5.46 Å². The van der Waals surface area contributed by atoms with Crippen molar-refractivity contribution in [2.75, 3.05) is 0 Å². The van der Waals surface area contributed by atoms with Gasteiger partial charge in [-0.05, 0) is 24.5 Å². The Kier molecular flexibility index (Phi) is 4.92. The second-order valence-corrected chi connectivity index (χ2v) is 3.44. The Balaban J connectivity index is 2.77. The van der Waals surface area contributed by atoms with Crippen LogP contribution >= 0.6 is 0 Å². The lowest BCUT2D eigenvalue weighted by Crippen LogP contribution is -2.12. The zero-order valence-electron chi connectivity index (χ0n) is 9.27. The maximum atomic E-state index is 8.79. The topological polar surface area (TPSA) is 20.2 Å². The number of hydrogen-bond acceptors (Lipinski definition) is 1. The molecule has 2 heteroatoms. The summed E-state index contributed by atoms with van der Waals surface area (Å²) in [5.74, 6) is 0. The molecule has 1 rings (SSSR count). The molecule has 0 spiro atoms. The molecule has 0 aromatic heterocycles. The summed E-state index contributed by atoms with van der Waals surface area (Å²) in [5.41, 5.74) is 3.24. The largest absolute Gasteiger partial charge is 0.450 e. The highest BCUT2D eigenvalue weighted by atomic mass is 16.2. The summed E-state index contributed by atoms with van der Waals surface area (Å²) in [6, 6.07) is 7.81. The summed E-state index contributed by atoms with van der Waals surface area (Å²) < 4.78 is 0. The van der Waals surface area contributed by atoms with Gasteiger partial charge in [0.2, 0.25) is 0 Å². The highest BCUT2D eigenvalue weighted by Crippen LogP contribution is 2.11. The van der Waals surface area contributed by atoms with Crippen LogP contribution in [-0.4, -0.2) is 12.5 Å². The van der Waals surface area contributed by atoms with Crippen molar-refractivity contribution in [1.29, 1.82) is 0 Å². The van der Waals surface area contributed by atoms with Crippen molar-refractivity contribution < 1.29 is 5.02 Å². The second-order valence-electron chi connectivity index (χ2n) is 3.44. The molecule has 15 heavy (non-hydrogen) atoms. The Morgan fingerprint density at radius 1 is 1.33 bits per heavy atom. The van der Waals surface area contributed by atoms with Crippen molar-refractivity contribution in [1.82, 2.24) is 0 Å². The molecule has 0 saturated heterocycles. The van der Waals surface area contributed by atoms with Crippen LogP contribution in [0.25, 0.3) is 5.57 Å². The summed E-state index contributed by atoms with van der Waals surface area (Å²) in [6.07, 6.45) is 7.35. The first-order valence-electron chi connectivity index (χ1n) is 5.19. The quantitative estimate of drug-likeness (QED) is 0.582. The zero-order chi connectivity index (χ0) is 11.1. The molecule has 0 bridgehead atoms. The van der Waals surface area contributed by atoms with Gasteiger partial charge in [0.1, 0.15) is 0 Å². The van der Waals surface area contributed by atoms with Crippen molar-refractivity contribution in [2.45, 2.75) is 20.3 Å². The van der Waals surface area contributed by atoms with Gasteiger partial charge >= 0.3 is 7.48 Å². The van der Waals surface area contributed by atoms with Gasteiger partial charge in [-0.25, -0.2) is 0 Å². The molecule has 1 aromatic carbocycles. The summed E-state index contributed by atoms with van der Waals surface area (Å²) in [4.78, 5) is 0. The standard InChI is InChI=1S/C13H16BO/c1-3-4-5-6-11(2)12-7-9-13(14-15)10-8-12/h4-10,15H,3H2,1-2H3/b5-4-,11-6+. The third kappa shape index (κ3) is 3.76. The second kappa shape index (κ2) is 6.25. The van der Waals surface area contributed by atoms with E-state index in [0.29, 0.717) is 0 Å². The molecule has 0 aliphatic carbocycles. The summed E-state index contributed by atoms with van der Waals surface area (Å²) >= 11 is 0. The van der Waals surface area contributed by atoms with Gasteiger partial charge in [0.25, 0.3) is 0 Å². The molecule has 0 fully saturated rings. The summed E-state index contributed by atoms with van der Waals surface area (Å²) in [6.45, 7) is 4.20. The minimum absolute atomic E-state index is 0.829. The van der Waals surface area contributed by atoms with Crippen LogP contribution in [0.1, 0.15) is 25.8 Å². The molecule has 0 atom stereocenters. The lowest BCUT2D eigenvalue weighted by molar-refractivity contribution is 0.615. The van der Waals surface area contributed by atoms with Crippen molar-refractivity contribution in [3.8, 4) is 0 Å². The van der Waals surface area contributed by atoms with E-state index in [0.717, 1.165) is 19.4 Å². The monoisotopic (exact) mass is 199 g/mol. The molecule has 1 radical (unpaired) electrons. The van der Waals surface area contributed by atoms with Crippen LogP contribution in [0.5, 0.6) is 0 Å². The Labute approximate surface area is 92.4 Å². The molecule has 1 nitrogen and oxygen atoms in total. The minimum atomic E-state index is 0.829. The molecule has 0 unspecified atom stereocenters. The van der Waals surface area contributed by atoms with E-state index in [1.165, 1.54) is 11.1 Å². The molecular formula is C13H16BO. The molecule has 77 valence electrons. The van der Waals surface area contributed by atoms with Crippen molar-refractivity contribution >= 4 is 18.5 Å².